The predicted octanol–water partition coefficient (Wildman–Crippen LogP) is 1.31. The summed E-state index contributed by atoms with van der Waals surface area (Å²) in [4.78, 5) is 0. The van der Waals surface area contributed by atoms with Crippen molar-refractivity contribution in [1.29, 1.82) is 0 Å². The van der Waals surface area contributed by atoms with E-state index < -0.39 is 0 Å². The fourth-order valence-corrected chi connectivity index (χ4v) is 1.32. The Morgan fingerprint density at radius 3 is 2.77 bits per heavy atom. The van der Waals surface area contributed by atoms with Gasteiger partial charge in [-0.15, -0.1) is 0 Å². The second-order valence-corrected chi connectivity index (χ2v) is 3.14. The van der Waals surface area contributed by atoms with Crippen LogP contribution in [0.5, 0.6) is 5.75 Å². The standard InChI is InChI=1S/C9H13ClN2O/c1-13-6-2-3-8(10)7(4-6)9(12)5-11/h2-4,9H,5,11-12H2,1H3/t9-/m0/s1. The Kier molecular flexibility index (Phi) is 3.54. The lowest BCUT2D eigenvalue weighted by Gasteiger charge is -2.12. The van der Waals surface area contributed by atoms with Crippen molar-refractivity contribution in [3.63, 3.8) is 0 Å². The van der Waals surface area contributed by atoms with E-state index in [1.807, 2.05) is 0 Å². The minimum absolute atomic E-state index is 0.234. The Morgan fingerprint density at radius 2 is 2.23 bits per heavy atom. The number of hydrogen-bond acceptors (Lipinski definition) is 3. The summed E-state index contributed by atoms with van der Waals surface area (Å²) in [7, 11) is 1.60. The van der Waals surface area contributed by atoms with Crippen molar-refractivity contribution < 1.29 is 4.74 Å². The molecule has 0 saturated heterocycles. The number of hydrogen-bond donors (Lipinski definition) is 2. The Hall–Kier alpha value is -0.770. The molecule has 72 valence electrons. The van der Waals surface area contributed by atoms with Gasteiger partial charge < -0.3 is 16.2 Å². The number of ether oxygens (including phenoxy) is 1. The first-order valence-electron chi connectivity index (χ1n) is 3.98. The van der Waals surface area contributed by atoms with Crippen LogP contribution in [0.25, 0.3) is 0 Å². The van der Waals surface area contributed by atoms with Crippen LogP contribution in [0.1, 0.15) is 11.6 Å². The average molecular weight is 201 g/mol. The maximum Gasteiger partial charge on any atom is 0.119 e. The number of halogens is 1. The summed E-state index contributed by atoms with van der Waals surface area (Å²) in [5, 5.41) is 0.624. The highest BCUT2D eigenvalue weighted by atomic mass is 35.5. The minimum atomic E-state index is -0.234. The Morgan fingerprint density at radius 1 is 1.54 bits per heavy atom. The van der Waals surface area contributed by atoms with Gasteiger partial charge in [0.1, 0.15) is 5.75 Å². The molecule has 4 N–H and O–H groups in total. The van der Waals surface area contributed by atoms with Gasteiger partial charge in [-0.25, -0.2) is 0 Å². The second kappa shape index (κ2) is 4.46. The molecule has 0 amide bonds. The van der Waals surface area contributed by atoms with Gasteiger partial charge in [0.05, 0.1) is 7.11 Å². The first-order valence-corrected chi connectivity index (χ1v) is 4.36. The molecule has 0 aliphatic rings. The van der Waals surface area contributed by atoms with Crippen LogP contribution in [0.3, 0.4) is 0 Å². The highest BCUT2D eigenvalue weighted by Crippen LogP contribution is 2.25. The third-order valence-corrected chi connectivity index (χ3v) is 2.20. The molecule has 0 fully saturated rings. The van der Waals surface area contributed by atoms with Crippen molar-refractivity contribution in [3.05, 3.63) is 28.8 Å². The van der Waals surface area contributed by atoms with E-state index in [2.05, 4.69) is 0 Å². The van der Waals surface area contributed by atoms with Crippen LogP contribution in [-0.4, -0.2) is 13.7 Å². The maximum absolute atomic E-state index is 5.94. The number of benzene rings is 1. The molecule has 1 aromatic carbocycles. The van der Waals surface area contributed by atoms with Crippen molar-refractivity contribution in [2.75, 3.05) is 13.7 Å². The van der Waals surface area contributed by atoms with Crippen LogP contribution < -0.4 is 16.2 Å². The molecule has 1 aromatic rings. The van der Waals surface area contributed by atoms with Crippen LogP contribution in [0, 0.1) is 0 Å². The summed E-state index contributed by atoms with van der Waals surface area (Å²) < 4.78 is 5.05. The topological polar surface area (TPSA) is 61.3 Å². The Labute approximate surface area is 82.6 Å². The van der Waals surface area contributed by atoms with Crippen molar-refractivity contribution >= 4 is 11.6 Å². The third-order valence-electron chi connectivity index (χ3n) is 1.86. The molecule has 0 aliphatic heterocycles. The molecular weight excluding hydrogens is 188 g/mol. The molecular formula is C9H13ClN2O. The predicted molar refractivity (Wildman–Crippen MR) is 54.0 cm³/mol. The van der Waals surface area contributed by atoms with E-state index in [1.54, 1.807) is 25.3 Å². The Balaban J connectivity index is 3.03. The van der Waals surface area contributed by atoms with E-state index in [1.165, 1.54) is 0 Å². The van der Waals surface area contributed by atoms with E-state index in [0.717, 1.165) is 11.3 Å². The number of rotatable bonds is 3. The molecule has 3 nitrogen and oxygen atoms in total. The van der Waals surface area contributed by atoms with Gasteiger partial charge in [-0.1, -0.05) is 11.6 Å². The molecule has 13 heavy (non-hydrogen) atoms. The zero-order valence-corrected chi connectivity index (χ0v) is 8.21. The summed E-state index contributed by atoms with van der Waals surface area (Å²) in [6, 6.07) is 5.11. The minimum Gasteiger partial charge on any atom is -0.497 e. The lowest BCUT2D eigenvalue weighted by Crippen LogP contribution is -2.21. The summed E-state index contributed by atoms with van der Waals surface area (Å²) >= 11 is 5.94. The first kappa shape index (κ1) is 10.3. The van der Waals surface area contributed by atoms with Gasteiger partial charge in [0.2, 0.25) is 0 Å². The monoisotopic (exact) mass is 200 g/mol. The summed E-state index contributed by atoms with van der Waals surface area (Å²) in [5.41, 5.74) is 12.0. The van der Waals surface area contributed by atoms with Gasteiger partial charge in [0.15, 0.2) is 0 Å². The third kappa shape index (κ3) is 2.34. The van der Waals surface area contributed by atoms with E-state index in [-0.39, 0.29) is 6.04 Å². The highest BCUT2D eigenvalue weighted by molar-refractivity contribution is 6.31. The van der Waals surface area contributed by atoms with E-state index >= 15 is 0 Å². The zero-order chi connectivity index (χ0) is 9.84. The van der Waals surface area contributed by atoms with Gasteiger partial charge in [-0.05, 0) is 23.8 Å². The molecule has 0 heterocycles. The van der Waals surface area contributed by atoms with E-state index in [0.29, 0.717) is 11.6 Å². The number of nitrogens with two attached hydrogens (primary N) is 2. The SMILES string of the molecule is COc1ccc(Cl)c([C@@H](N)CN)c1. The molecule has 0 spiro atoms. The number of methoxy groups -OCH3 is 1. The Bertz CT molecular complexity index is 291. The van der Waals surface area contributed by atoms with E-state index in [9.17, 15) is 0 Å². The molecule has 1 rings (SSSR count). The highest BCUT2D eigenvalue weighted by Gasteiger charge is 2.09. The molecule has 0 aliphatic carbocycles. The van der Waals surface area contributed by atoms with Crippen molar-refractivity contribution in [2.45, 2.75) is 6.04 Å². The van der Waals surface area contributed by atoms with Crippen LogP contribution in [-0.2, 0) is 0 Å². The molecule has 0 aromatic heterocycles. The lowest BCUT2D eigenvalue weighted by molar-refractivity contribution is 0.414. The summed E-state index contributed by atoms with van der Waals surface area (Å²) in [6.45, 7) is 0.368. The average Bonchev–Trinajstić information content (AvgIpc) is 2.17. The lowest BCUT2D eigenvalue weighted by atomic mass is 10.1. The molecule has 4 heteroatoms. The first-order chi connectivity index (χ1) is 6.19. The van der Waals surface area contributed by atoms with Gasteiger partial charge in [0.25, 0.3) is 0 Å². The second-order valence-electron chi connectivity index (χ2n) is 2.73. The van der Waals surface area contributed by atoms with Gasteiger partial charge in [-0.3, -0.25) is 0 Å². The van der Waals surface area contributed by atoms with Crippen molar-refractivity contribution in [3.8, 4) is 5.75 Å². The van der Waals surface area contributed by atoms with Crippen molar-refractivity contribution in [1.82, 2.24) is 0 Å². The quantitative estimate of drug-likeness (QED) is 0.774. The normalized spacial score (nSPS) is 12.6. The largest absolute Gasteiger partial charge is 0.497 e. The summed E-state index contributed by atoms with van der Waals surface area (Å²) in [6.07, 6.45) is 0. The van der Waals surface area contributed by atoms with Crippen LogP contribution in [0.2, 0.25) is 5.02 Å². The van der Waals surface area contributed by atoms with Gasteiger partial charge >= 0.3 is 0 Å². The van der Waals surface area contributed by atoms with Crippen LogP contribution in [0.4, 0.5) is 0 Å². The smallest absolute Gasteiger partial charge is 0.119 e. The molecule has 1 atom stereocenters. The van der Waals surface area contributed by atoms with Crippen LogP contribution in [0.15, 0.2) is 18.2 Å². The van der Waals surface area contributed by atoms with Crippen LogP contribution >= 0.6 is 11.6 Å². The van der Waals surface area contributed by atoms with E-state index in [4.69, 9.17) is 27.8 Å². The maximum atomic E-state index is 5.94. The molecule has 0 bridgehead atoms. The molecule has 0 unspecified atom stereocenters. The van der Waals surface area contributed by atoms with Crippen molar-refractivity contribution in [2.24, 2.45) is 11.5 Å². The fourth-order valence-electron chi connectivity index (χ4n) is 1.06. The van der Waals surface area contributed by atoms with Gasteiger partial charge in [0, 0.05) is 17.6 Å². The zero-order valence-electron chi connectivity index (χ0n) is 7.46. The van der Waals surface area contributed by atoms with Gasteiger partial charge in [-0.2, -0.15) is 0 Å². The summed E-state index contributed by atoms with van der Waals surface area (Å²) in [5.74, 6) is 0.739. The molecule has 0 saturated carbocycles. The molecule has 0 radical (unpaired) electrons. The fraction of sp³-hybridized carbons (Fsp3) is 0.333.